The predicted octanol–water partition coefficient (Wildman–Crippen LogP) is 3.97. The number of hydrogen-bond donors (Lipinski definition) is 3. The molecule has 0 saturated heterocycles. The third kappa shape index (κ3) is 4.27. The first-order valence-corrected chi connectivity index (χ1v) is 12.2. The van der Waals surface area contributed by atoms with Crippen LogP contribution in [0.2, 0.25) is 0 Å². The summed E-state index contributed by atoms with van der Waals surface area (Å²) in [6.07, 6.45) is 5.20. The normalized spacial score (nSPS) is 37.3. The third-order valence-electron chi connectivity index (χ3n) is 8.74. The van der Waals surface area contributed by atoms with E-state index in [9.17, 15) is 20.1 Å². The van der Waals surface area contributed by atoms with Crippen LogP contribution in [0.15, 0.2) is 41.5 Å². The van der Waals surface area contributed by atoms with E-state index in [-0.39, 0.29) is 48.5 Å². The van der Waals surface area contributed by atoms with Crippen molar-refractivity contribution >= 4 is 5.97 Å². The number of carbonyl (C=O) groups excluding carboxylic acids is 1. The number of aliphatic hydroxyl groups excluding tert-OH is 3. The molecule has 1 aromatic rings. The Morgan fingerprint density at radius 2 is 1.91 bits per heavy atom. The molecular weight excluding hydrogens is 404 g/mol. The summed E-state index contributed by atoms with van der Waals surface area (Å²) in [7, 11) is 0. The number of aliphatic hydroxyl groups is 3. The summed E-state index contributed by atoms with van der Waals surface area (Å²) in [5.74, 6) is 0.412. The minimum Gasteiger partial charge on any atom is -0.463 e. The molecule has 176 valence electrons. The summed E-state index contributed by atoms with van der Waals surface area (Å²) in [4.78, 5) is 11.5. The molecular formula is C27H38O5. The van der Waals surface area contributed by atoms with Crippen LogP contribution in [0.3, 0.4) is 0 Å². The van der Waals surface area contributed by atoms with Gasteiger partial charge in [0.05, 0.1) is 6.10 Å². The van der Waals surface area contributed by atoms with Crippen LogP contribution in [0, 0.1) is 23.2 Å². The molecule has 0 spiro atoms. The van der Waals surface area contributed by atoms with E-state index in [1.165, 1.54) is 23.6 Å². The van der Waals surface area contributed by atoms with Crippen molar-refractivity contribution in [3.05, 3.63) is 47.0 Å². The van der Waals surface area contributed by atoms with Crippen molar-refractivity contribution < 1.29 is 24.9 Å². The Balaban J connectivity index is 1.63. The van der Waals surface area contributed by atoms with Gasteiger partial charge in [0.25, 0.3) is 0 Å². The van der Waals surface area contributed by atoms with Crippen molar-refractivity contribution in [3.8, 4) is 0 Å². The average Bonchev–Trinajstić information content (AvgIpc) is 3.12. The molecule has 3 N–H and O–H groups in total. The first-order valence-electron chi connectivity index (χ1n) is 12.2. The van der Waals surface area contributed by atoms with Crippen molar-refractivity contribution in [2.45, 2.75) is 76.9 Å². The van der Waals surface area contributed by atoms with Gasteiger partial charge in [0.1, 0.15) is 6.10 Å². The highest BCUT2D eigenvalue weighted by Gasteiger charge is 2.52. The number of hydrogen-bond acceptors (Lipinski definition) is 5. The Bertz CT molecular complexity index is 834. The minimum atomic E-state index is -0.413. The molecule has 0 bridgehead atoms. The summed E-state index contributed by atoms with van der Waals surface area (Å²) in [6, 6.07) is 10.3. The monoisotopic (exact) mass is 442 g/mol. The molecule has 1 saturated carbocycles. The van der Waals surface area contributed by atoms with Crippen LogP contribution in [-0.2, 0) is 9.53 Å². The standard InChI is InChI=1S/C27H38O5/c1-17(30)32-20-10-12-27(2,19(14-20)16-29)24-9-8-22-23(21(24)11-13-28)15-25(31)26(22)18-6-4-3-5-7-18/h3-7,19-21,24-26,28-29,31H,8-16H2,1-2H3/t19-,20+,21-,24+,25-,26+,27+/m1/s1. The van der Waals surface area contributed by atoms with Gasteiger partial charge in [-0.25, -0.2) is 0 Å². The molecule has 0 heterocycles. The van der Waals surface area contributed by atoms with Gasteiger partial charge >= 0.3 is 5.97 Å². The Morgan fingerprint density at radius 3 is 2.56 bits per heavy atom. The van der Waals surface area contributed by atoms with Gasteiger partial charge in [0.2, 0.25) is 0 Å². The Labute approximate surface area is 191 Å². The minimum absolute atomic E-state index is 0.0505. The highest BCUT2D eigenvalue weighted by atomic mass is 16.5. The second kappa shape index (κ2) is 9.66. The first kappa shape index (κ1) is 23.5. The molecule has 5 heteroatoms. The number of rotatable bonds is 6. The lowest BCUT2D eigenvalue weighted by Crippen LogP contribution is -2.47. The van der Waals surface area contributed by atoms with Gasteiger partial charge in [-0.15, -0.1) is 0 Å². The fraction of sp³-hybridized carbons (Fsp3) is 0.667. The largest absolute Gasteiger partial charge is 0.463 e. The summed E-state index contributed by atoms with van der Waals surface area (Å²) >= 11 is 0. The zero-order valence-electron chi connectivity index (χ0n) is 19.4. The quantitative estimate of drug-likeness (QED) is 0.458. The van der Waals surface area contributed by atoms with Crippen LogP contribution < -0.4 is 0 Å². The number of ether oxygens (including phenoxy) is 1. The predicted molar refractivity (Wildman–Crippen MR) is 123 cm³/mol. The molecule has 0 amide bonds. The van der Waals surface area contributed by atoms with Gasteiger partial charge in [0, 0.05) is 26.1 Å². The summed E-state index contributed by atoms with van der Waals surface area (Å²) in [5, 5.41) is 31.3. The third-order valence-corrected chi connectivity index (χ3v) is 8.74. The maximum absolute atomic E-state index is 11.5. The molecule has 32 heavy (non-hydrogen) atoms. The molecule has 1 fully saturated rings. The fourth-order valence-corrected chi connectivity index (χ4v) is 7.25. The van der Waals surface area contributed by atoms with Gasteiger partial charge in [-0.3, -0.25) is 4.79 Å². The molecule has 1 aromatic carbocycles. The zero-order chi connectivity index (χ0) is 22.9. The van der Waals surface area contributed by atoms with Gasteiger partial charge in [0.15, 0.2) is 0 Å². The van der Waals surface area contributed by atoms with E-state index in [0.717, 1.165) is 25.7 Å². The van der Waals surface area contributed by atoms with Crippen LogP contribution in [0.5, 0.6) is 0 Å². The summed E-state index contributed by atoms with van der Waals surface area (Å²) in [5.41, 5.74) is 3.81. The molecule has 0 radical (unpaired) electrons. The van der Waals surface area contributed by atoms with Crippen molar-refractivity contribution in [2.24, 2.45) is 23.2 Å². The highest BCUT2D eigenvalue weighted by Crippen LogP contribution is 2.59. The second-order valence-electron chi connectivity index (χ2n) is 10.4. The number of carbonyl (C=O) groups is 1. The van der Waals surface area contributed by atoms with E-state index in [1.807, 2.05) is 18.2 Å². The molecule has 0 unspecified atom stereocenters. The first-order chi connectivity index (χ1) is 15.4. The Morgan fingerprint density at radius 1 is 1.16 bits per heavy atom. The molecule has 4 rings (SSSR count). The number of esters is 1. The molecule has 0 aliphatic heterocycles. The lowest BCUT2D eigenvalue weighted by molar-refractivity contribution is -0.153. The maximum Gasteiger partial charge on any atom is 0.302 e. The maximum atomic E-state index is 11.5. The van der Waals surface area contributed by atoms with Gasteiger partial charge in [-0.05, 0) is 73.7 Å². The molecule has 0 aromatic heterocycles. The molecule has 3 aliphatic carbocycles. The fourth-order valence-electron chi connectivity index (χ4n) is 7.25. The summed E-state index contributed by atoms with van der Waals surface area (Å²) in [6.45, 7) is 3.94. The Hall–Kier alpha value is -1.69. The average molecular weight is 443 g/mol. The van der Waals surface area contributed by atoms with E-state index >= 15 is 0 Å². The smallest absolute Gasteiger partial charge is 0.302 e. The van der Waals surface area contributed by atoms with Crippen molar-refractivity contribution in [1.82, 2.24) is 0 Å². The van der Waals surface area contributed by atoms with E-state index in [1.54, 1.807) is 0 Å². The van der Waals surface area contributed by atoms with Crippen LogP contribution in [-0.4, -0.2) is 46.7 Å². The van der Waals surface area contributed by atoms with Crippen molar-refractivity contribution in [2.75, 3.05) is 13.2 Å². The van der Waals surface area contributed by atoms with Gasteiger partial charge in [-0.2, -0.15) is 0 Å². The summed E-state index contributed by atoms with van der Waals surface area (Å²) < 4.78 is 5.49. The SMILES string of the molecule is CC(=O)O[C@H]1CC[C@](C)([C@H]2CCC3=C(C[C@@H](O)[C@H]3c3ccccc3)[C@H]2CCO)[C@@H](CO)C1. The van der Waals surface area contributed by atoms with E-state index in [0.29, 0.717) is 25.2 Å². The highest BCUT2D eigenvalue weighted by molar-refractivity contribution is 5.66. The lowest BCUT2D eigenvalue weighted by atomic mass is 9.53. The molecule has 5 nitrogen and oxygen atoms in total. The molecule has 7 atom stereocenters. The topological polar surface area (TPSA) is 87.0 Å². The van der Waals surface area contributed by atoms with E-state index < -0.39 is 6.10 Å². The van der Waals surface area contributed by atoms with Crippen LogP contribution in [0.25, 0.3) is 0 Å². The second-order valence-corrected chi connectivity index (χ2v) is 10.4. The van der Waals surface area contributed by atoms with Gasteiger partial charge in [-0.1, -0.05) is 48.4 Å². The van der Waals surface area contributed by atoms with E-state index in [4.69, 9.17) is 4.74 Å². The lowest BCUT2D eigenvalue weighted by Gasteiger charge is -2.52. The Kier molecular flexibility index (Phi) is 7.09. The zero-order valence-corrected chi connectivity index (χ0v) is 19.4. The van der Waals surface area contributed by atoms with Gasteiger partial charge < -0.3 is 20.1 Å². The van der Waals surface area contributed by atoms with Crippen LogP contribution in [0.4, 0.5) is 0 Å². The number of benzene rings is 1. The van der Waals surface area contributed by atoms with E-state index in [2.05, 4.69) is 19.1 Å². The van der Waals surface area contributed by atoms with Crippen molar-refractivity contribution in [1.29, 1.82) is 0 Å². The van der Waals surface area contributed by atoms with Crippen molar-refractivity contribution in [3.63, 3.8) is 0 Å². The van der Waals surface area contributed by atoms with Crippen LogP contribution in [0.1, 0.15) is 70.3 Å². The molecule has 3 aliphatic rings. The van der Waals surface area contributed by atoms with Crippen LogP contribution >= 0.6 is 0 Å².